The number of hydrogen-bond donors (Lipinski definition) is 2. The molecular formula is C12H15N3S. The Bertz CT molecular complexity index is 472. The van der Waals surface area contributed by atoms with Crippen molar-refractivity contribution in [1.82, 2.24) is 10.6 Å². The van der Waals surface area contributed by atoms with Crippen molar-refractivity contribution in [3.8, 4) is 0 Å². The molecule has 3 heterocycles. The van der Waals surface area contributed by atoms with Crippen LogP contribution in [0.5, 0.6) is 0 Å². The van der Waals surface area contributed by atoms with Gasteiger partial charge in [0.05, 0.1) is 12.1 Å². The summed E-state index contributed by atoms with van der Waals surface area (Å²) in [5, 5.41) is 6.93. The summed E-state index contributed by atoms with van der Waals surface area (Å²) in [5.41, 5.74) is 2.49. The zero-order valence-corrected chi connectivity index (χ0v) is 10.3. The van der Waals surface area contributed by atoms with Crippen LogP contribution < -0.4 is 10.6 Å². The molecule has 3 rings (SSSR count). The van der Waals surface area contributed by atoms with Gasteiger partial charge in [0.15, 0.2) is 0 Å². The Morgan fingerprint density at radius 3 is 2.81 bits per heavy atom. The number of fused-ring (bicyclic) bond motifs is 1. The van der Waals surface area contributed by atoms with Gasteiger partial charge in [-0.3, -0.25) is 15.6 Å². The van der Waals surface area contributed by atoms with E-state index in [1.165, 1.54) is 21.0 Å². The number of rotatable bonds is 1. The molecule has 0 spiro atoms. The lowest BCUT2D eigenvalue weighted by Crippen LogP contribution is -2.41. The molecule has 2 aliphatic heterocycles. The van der Waals surface area contributed by atoms with Crippen LogP contribution in [0.15, 0.2) is 23.3 Å². The number of hydrogen-bond acceptors (Lipinski definition) is 4. The monoisotopic (exact) mass is 233 g/mol. The number of aryl methyl sites for hydroxylation is 1. The highest BCUT2D eigenvalue weighted by atomic mass is 32.1. The number of aliphatic imine (C=N–C) groups is 1. The Kier molecular flexibility index (Phi) is 2.42. The first-order valence-corrected chi connectivity index (χ1v) is 6.35. The average Bonchev–Trinajstić information content (AvgIpc) is 2.87. The minimum absolute atomic E-state index is 0.363. The zero-order chi connectivity index (χ0) is 11.1. The van der Waals surface area contributed by atoms with E-state index >= 15 is 0 Å². The van der Waals surface area contributed by atoms with Gasteiger partial charge in [-0.1, -0.05) is 0 Å². The van der Waals surface area contributed by atoms with E-state index in [-0.39, 0.29) is 0 Å². The fraction of sp³-hybridized carbons (Fsp3) is 0.417. The van der Waals surface area contributed by atoms with E-state index in [1.807, 2.05) is 17.5 Å². The lowest BCUT2D eigenvalue weighted by molar-refractivity contribution is 0.714. The number of thiophene rings is 1. The van der Waals surface area contributed by atoms with E-state index in [0.29, 0.717) is 12.1 Å². The first-order chi connectivity index (χ1) is 7.75. The Morgan fingerprint density at radius 2 is 2.06 bits per heavy atom. The van der Waals surface area contributed by atoms with Crippen LogP contribution in [0.1, 0.15) is 16.7 Å². The first-order valence-electron chi connectivity index (χ1n) is 5.53. The predicted molar refractivity (Wildman–Crippen MR) is 68.9 cm³/mol. The summed E-state index contributed by atoms with van der Waals surface area (Å²) < 4.78 is 0. The molecule has 16 heavy (non-hydrogen) atoms. The summed E-state index contributed by atoms with van der Waals surface area (Å²) in [4.78, 5) is 7.18. The third-order valence-electron chi connectivity index (χ3n) is 3.19. The third kappa shape index (κ3) is 1.54. The van der Waals surface area contributed by atoms with Crippen LogP contribution in [0, 0.1) is 6.92 Å². The van der Waals surface area contributed by atoms with E-state index in [9.17, 15) is 0 Å². The third-order valence-corrected chi connectivity index (χ3v) is 4.24. The van der Waals surface area contributed by atoms with E-state index in [4.69, 9.17) is 0 Å². The molecule has 2 atom stereocenters. The molecule has 1 aromatic rings. The topological polar surface area (TPSA) is 36.4 Å². The Labute approximate surface area is 99.3 Å². The second kappa shape index (κ2) is 3.80. The molecule has 84 valence electrons. The van der Waals surface area contributed by atoms with E-state index in [0.717, 1.165) is 6.67 Å². The van der Waals surface area contributed by atoms with E-state index in [1.54, 1.807) is 0 Å². The predicted octanol–water partition coefficient (Wildman–Crippen LogP) is 1.76. The molecule has 0 aromatic carbocycles. The minimum atomic E-state index is 0.363. The fourth-order valence-corrected chi connectivity index (χ4v) is 3.25. The molecule has 2 N–H and O–H groups in total. The van der Waals surface area contributed by atoms with Crippen LogP contribution >= 0.6 is 11.3 Å². The maximum Gasteiger partial charge on any atom is 0.0661 e. The van der Waals surface area contributed by atoms with Crippen LogP contribution in [0.3, 0.4) is 0 Å². The van der Waals surface area contributed by atoms with Gasteiger partial charge in [-0.2, -0.15) is 0 Å². The zero-order valence-electron chi connectivity index (χ0n) is 9.45. The number of nitrogens with zero attached hydrogens (tertiary/aromatic N) is 1. The SMILES string of the molecule is CC1=NC=C(c2ccc(C)s2)C2NCNC12. The summed E-state index contributed by atoms with van der Waals surface area (Å²) >= 11 is 1.84. The molecule has 0 bridgehead atoms. The van der Waals surface area contributed by atoms with Crippen molar-refractivity contribution in [2.24, 2.45) is 4.99 Å². The first kappa shape index (κ1) is 10.2. The van der Waals surface area contributed by atoms with Crippen LogP contribution in [0.4, 0.5) is 0 Å². The van der Waals surface area contributed by atoms with Crippen molar-refractivity contribution in [3.05, 3.63) is 28.1 Å². The van der Waals surface area contributed by atoms with Crippen molar-refractivity contribution >= 4 is 22.6 Å². The molecule has 4 heteroatoms. The summed E-state index contributed by atoms with van der Waals surface area (Å²) in [6.07, 6.45) is 2.02. The highest BCUT2D eigenvalue weighted by Crippen LogP contribution is 2.31. The van der Waals surface area contributed by atoms with Crippen LogP contribution in [-0.2, 0) is 0 Å². The van der Waals surface area contributed by atoms with Crippen LogP contribution in [0.25, 0.3) is 5.57 Å². The molecule has 3 nitrogen and oxygen atoms in total. The van der Waals surface area contributed by atoms with Crippen molar-refractivity contribution < 1.29 is 0 Å². The molecular weight excluding hydrogens is 218 g/mol. The standard InChI is InChI=1S/C12H15N3S/c1-7-3-4-10(16-7)9-5-13-8(2)11-12(9)15-6-14-11/h3-5,11-12,14-15H,6H2,1-2H3. The molecule has 0 aliphatic carbocycles. The maximum absolute atomic E-state index is 4.50. The molecule has 1 aromatic heterocycles. The van der Waals surface area contributed by atoms with Crippen molar-refractivity contribution in [2.45, 2.75) is 25.9 Å². The van der Waals surface area contributed by atoms with Gasteiger partial charge in [-0.05, 0) is 26.0 Å². The lowest BCUT2D eigenvalue weighted by Gasteiger charge is -2.24. The van der Waals surface area contributed by atoms with Crippen LogP contribution in [-0.4, -0.2) is 24.5 Å². The summed E-state index contributed by atoms with van der Waals surface area (Å²) in [7, 11) is 0. The van der Waals surface area contributed by atoms with Gasteiger partial charge in [0.25, 0.3) is 0 Å². The van der Waals surface area contributed by atoms with Gasteiger partial charge < -0.3 is 0 Å². The van der Waals surface area contributed by atoms with E-state index in [2.05, 4.69) is 41.6 Å². The molecule has 1 fully saturated rings. The highest BCUT2D eigenvalue weighted by Gasteiger charge is 2.34. The Balaban J connectivity index is 2.01. The average molecular weight is 233 g/mol. The summed E-state index contributed by atoms with van der Waals surface area (Å²) in [6, 6.07) is 5.11. The van der Waals surface area contributed by atoms with Crippen molar-refractivity contribution in [2.75, 3.05) is 6.67 Å². The molecule has 0 saturated carbocycles. The van der Waals surface area contributed by atoms with Gasteiger partial charge in [0.1, 0.15) is 0 Å². The highest BCUT2D eigenvalue weighted by molar-refractivity contribution is 7.13. The van der Waals surface area contributed by atoms with Crippen molar-refractivity contribution in [3.63, 3.8) is 0 Å². The van der Waals surface area contributed by atoms with Crippen LogP contribution in [0.2, 0.25) is 0 Å². The Hall–Kier alpha value is -0.970. The fourth-order valence-electron chi connectivity index (χ4n) is 2.33. The van der Waals surface area contributed by atoms with Gasteiger partial charge in [0.2, 0.25) is 0 Å². The number of nitrogens with one attached hydrogen (secondary N) is 2. The molecule has 2 aliphatic rings. The smallest absolute Gasteiger partial charge is 0.0661 e. The van der Waals surface area contributed by atoms with Gasteiger partial charge in [-0.25, -0.2) is 0 Å². The minimum Gasteiger partial charge on any atom is -0.296 e. The second-order valence-electron chi connectivity index (χ2n) is 4.31. The molecule has 0 radical (unpaired) electrons. The molecule has 2 unspecified atom stereocenters. The largest absolute Gasteiger partial charge is 0.296 e. The summed E-state index contributed by atoms with van der Waals surface area (Å²) in [5.74, 6) is 0. The van der Waals surface area contributed by atoms with Gasteiger partial charge >= 0.3 is 0 Å². The summed E-state index contributed by atoms with van der Waals surface area (Å²) in [6.45, 7) is 5.10. The van der Waals surface area contributed by atoms with Gasteiger partial charge in [-0.15, -0.1) is 11.3 Å². The van der Waals surface area contributed by atoms with E-state index < -0.39 is 0 Å². The van der Waals surface area contributed by atoms with Gasteiger partial charge in [0, 0.05) is 33.9 Å². The quantitative estimate of drug-likeness (QED) is 0.775. The Morgan fingerprint density at radius 1 is 1.25 bits per heavy atom. The maximum atomic E-state index is 4.50. The lowest BCUT2D eigenvalue weighted by atomic mass is 9.95. The van der Waals surface area contributed by atoms with Crippen molar-refractivity contribution in [1.29, 1.82) is 0 Å². The molecule has 1 saturated heterocycles. The second-order valence-corrected chi connectivity index (χ2v) is 5.59. The molecule has 0 amide bonds. The normalized spacial score (nSPS) is 28.6.